The molecule has 0 aliphatic rings. The van der Waals surface area contributed by atoms with Gasteiger partial charge in [-0.25, -0.2) is 4.39 Å². The zero-order valence-electron chi connectivity index (χ0n) is 13.5. The molecule has 25 heavy (non-hydrogen) atoms. The predicted octanol–water partition coefficient (Wildman–Crippen LogP) is 4.41. The molecule has 0 spiro atoms. The second-order valence-electron chi connectivity index (χ2n) is 5.55. The lowest BCUT2D eigenvalue weighted by atomic mass is 10.1. The van der Waals surface area contributed by atoms with Crippen molar-refractivity contribution in [2.24, 2.45) is 0 Å². The summed E-state index contributed by atoms with van der Waals surface area (Å²) < 4.78 is 12.9. The highest BCUT2D eigenvalue weighted by atomic mass is 19.1. The molecule has 1 amide bonds. The van der Waals surface area contributed by atoms with Gasteiger partial charge in [0.2, 0.25) is 5.91 Å². The highest BCUT2D eigenvalue weighted by Crippen LogP contribution is 2.11. The second-order valence-corrected chi connectivity index (χ2v) is 5.55. The lowest BCUT2D eigenvalue weighted by Crippen LogP contribution is -2.14. The van der Waals surface area contributed by atoms with Crippen molar-refractivity contribution in [1.29, 1.82) is 0 Å². The van der Waals surface area contributed by atoms with Crippen LogP contribution in [0, 0.1) is 17.7 Å². The van der Waals surface area contributed by atoms with Gasteiger partial charge in [-0.05, 0) is 48.0 Å². The largest absolute Gasteiger partial charge is 0.326 e. The first-order valence-corrected chi connectivity index (χ1v) is 7.90. The summed E-state index contributed by atoms with van der Waals surface area (Å²) in [5.41, 5.74) is 3.21. The first-order chi connectivity index (χ1) is 12.2. The number of amides is 1. The summed E-state index contributed by atoms with van der Waals surface area (Å²) in [5.74, 6) is 5.71. The second kappa shape index (κ2) is 7.94. The van der Waals surface area contributed by atoms with Crippen LogP contribution in [0.4, 0.5) is 10.1 Å². The molecule has 0 radical (unpaired) electrons. The lowest BCUT2D eigenvalue weighted by Gasteiger charge is -2.06. The maximum absolute atomic E-state index is 12.9. The number of benzene rings is 3. The Bertz CT molecular complexity index is 921. The van der Waals surface area contributed by atoms with E-state index in [1.54, 1.807) is 12.1 Å². The van der Waals surface area contributed by atoms with E-state index in [1.165, 1.54) is 12.1 Å². The van der Waals surface area contributed by atoms with Gasteiger partial charge in [0.15, 0.2) is 0 Å². The van der Waals surface area contributed by atoms with Crippen molar-refractivity contribution in [3.8, 4) is 11.8 Å². The third-order valence-electron chi connectivity index (χ3n) is 3.55. The van der Waals surface area contributed by atoms with Gasteiger partial charge in [0.05, 0.1) is 6.42 Å². The molecule has 3 heteroatoms. The van der Waals surface area contributed by atoms with Gasteiger partial charge in [-0.2, -0.15) is 0 Å². The van der Waals surface area contributed by atoms with Crippen molar-refractivity contribution in [3.05, 3.63) is 101 Å². The van der Waals surface area contributed by atoms with E-state index in [0.717, 1.165) is 16.7 Å². The Morgan fingerprint density at radius 2 is 1.52 bits per heavy atom. The van der Waals surface area contributed by atoms with Crippen molar-refractivity contribution in [1.82, 2.24) is 0 Å². The average Bonchev–Trinajstić information content (AvgIpc) is 2.63. The van der Waals surface area contributed by atoms with Gasteiger partial charge in [0.1, 0.15) is 5.82 Å². The summed E-state index contributed by atoms with van der Waals surface area (Å²) >= 11 is 0. The lowest BCUT2D eigenvalue weighted by molar-refractivity contribution is -0.115. The summed E-state index contributed by atoms with van der Waals surface area (Å²) in [6, 6.07) is 23.0. The molecule has 0 saturated heterocycles. The first kappa shape index (κ1) is 16.5. The molecule has 2 nitrogen and oxygen atoms in total. The number of nitrogens with one attached hydrogen (secondary N) is 1. The number of hydrogen-bond acceptors (Lipinski definition) is 1. The minimum absolute atomic E-state index is 0.153. The average molecular weight is 329 g/mol. The maximum atomic E-state index is 12.9. The van der Waals surface area contributed by atoms with E-state index in [2.05, 4.69) is 17.2 Å². The SMILES string of the molecule is O=C(Cc1ccc(F)cc1)Nc1cccc(C#Cc2ccccc2)c1. The van der Waals surface area contributed by atoms with E-state index in [4.69, 9.17) is 0 Å². The molecule has 1 N–H and O–H groups in total. The van der Waals surface area contributed by atoms with Crippen LogP contribution >= 0.6 is 0 Å². The molecule has 0 bridgehead atoms. The van der Waals surface area contributed by atoms with Gasteiger partial charge >= 0.3 is 0 Å². The quantitative estimate of drug-likeness (QED) is 0.709. The third kappa shape index (κ3) is 5.05. The number of anilines is 1. The maximum Gasteiger partial charge on any atom is 0.228 e. The van der Waals surface area contributed by atoms with Crippen molar-refractivity contribution in [2.75, 3.05) is 5.32 Å². The van der Waals surface area contributed by atoms with Crippen LogP contribution in [-0.2, 0) is 11.2 Å². The Hall–Kier alpha value is -3.38. The summed E-state index contributed by atoms with van der Waals surface area (Å²) in [4.78, 5) is 12.1. The fourth-order valence-corrected chi connectivity index (χ4v) is 2.33. The zero-order chi connectivity index (χ0) is 17.5. The molecule has 3 rings (SSSR count). The molecular weight excluding hydrogens is 313 g/mol. The normalized spacial score (nSPS) is 9.80. The Balaban J connectivity index is 1.66. The van der Waals surface area contributed by atoms with Crippen LogP contribution in [0.15, 0.2) is 78.9 Å². The fourth-order valence-electron chi connectivity index (χ4n) is 2.33. The van der Waals surface area contributed by atoms with Gasteiger partial charge in [0, 0.05) is 16.8 Å². The van der Waals surface area contributed by atoms with Crippen molar-refractivity contribution in [3.63, 3.8) is 0 Å². The molecule has 0 aromatic heterocycles. The minimum Gasteiger partial charge on any atom is -0.326 e. The van der Waals surface area contributed by atoms with Gasteiger partial charge < -0.3 is 5.32 Å². The summed E-state index contributed by atoms with van der Waals surface area (Å²) in [6.45, 7) is 0. The van der Waals surface area contributed by atoms with Crippen LogP contribution in [0.25, 0.3) is 0 Å². The van der Waals surface area contributed by atoms with Gasteiger partial charge in [-0.1, -0.05) is 48.2 Å². The Morgan fingerprint density at radius 3 is 2.28 bits per heavy atom. The number of rotatable bonds is 3. The molecule has 0 heterocycles. The van der Waals surface area contributed by atoms with Crippen LogP contribution in [0.1, 0.15) is 16.7 Å². The van der Waals surface area contributed by atoms with Gasteiger partial charge in [-0.15, -0.1) is 0 Å². The topological polar surface area (TPSA) is 29.1 Å². The molecule has 0 aliphatic carbocycles. The van der Waals surface area contributed by atoms with Crippen LogP contribution < -0.4 is 5.32 Å². The van der Waals surface area contributed by atoms with Crippen LogP contribution in [0.2, 0.25) is 0 Å². The molecular formula is C22H16FNO. The Kier molecular flexibility index (Phi) is 5.23. The zero-order valence-corrected chi connectivity index (χ0v) is 13.5. The summed E-state index contributed by atoms with van der Waals surface area (Å²) in [6.07, 6.45) is 0.195. The van der Waals surface area contributed by atoms with E-state index in [1.807, 2.05) is 54.6 Å². The first-order valence-electron chi connectivity index (χ1n) is 7.90. The summed E-state index contributed by atoms with van der Waals surface area (Å²) in [7, 11) is 0. The fraction of sp³-hybridized carbons (Fsp3) is 0.0455. The Morgan fingerprint density at radius 1 is 0.840 bits per heavy atom. The van der Waals surface area contributed by atoms with E-state index in [0.29, 0.717) is 5.69 Å². The van der Waals surface area contributed by atoms with E-state index < -0.39 is 0 Å². The highest BCUT2D eigenvalue weighted by molar-refractivity contribution is 5.92. The van der Waals surface area contributed by atoms with Crippen LogP contribution in [0.5, 0.6) is 0 Å². The number of hydrogen-bond donors (Lipinski definition) is 1. The van der Waals surface area contributed by atoms with Crippen molar-refractivity contribution >= 4 is 11.6 Å². The third-order valence-corrected chi connectivity index (χ3v) is 3.55. The van der Waals surface area contributed by atoms with E-state index in [9.17, 15) is 9.18 Å². The molecule has 0 unspecified atom stereocenters. The smallest absolute Gasteiger partial charge is 0.228 e. The predicted molar refractivity (Wildman–Crippen MR) is 97.6 cm³/mol. The molecule has 0 atom stereocenters. The molecule has 0 fully saturated rings. The van der Waals surface area contributed by atoms with Crippen LogP contribution in [-0.4, -0.2) is 5.91 Å². The monoisotopic (exact) mass is 329 g/mol. The minimum atomic E-state index is -0.311. The van der Waals surface area contributed by atoms with Gasteiger partial charge in [-0.3, -0.25) is 4.79 Å². The van der Waals surface area contributed by atoms with Crippen molar-refractivity contribution < 1.29 is 9.18 Å². The molecule has 3 aromatic rings. The number of halogens is 1. The molecule has 122 valence electrons. The molecule has 0 aliphatic heterocycles. The Labute approximate surface area is 146 Å². The number of carbonyl (C=O) groups is 1. The highest BCUT2D eigenvalue weighted by Gasteiger charge is 2.04. The van der Waals surface area contributed by atoms with E-state index in [-0.39, 0.29) is 18.1 Å². The number of carbonyl (C=O) groups excluding carboxylic acids is 1. The van der Waals surface area contributed by atoms with E-state index >= 15 is 0 Å². The van der Waals surface area contributed by atoms with Gasteiger partial charge in [0.25, 0.3) is 0 Å². The molecule has 3 aromatic carbocycles. The summed E-state index contributed by atoms with van der Waals surface area (Å²) in [5, 5.41) is 2.84. The standard InChI is InChI=1S/C22H16FNO/c23-20-13-11-19(12-14-20)16-22(25)24-21-8-4-7-18(15-21)10-9-17-5-2-1-3-6-17/h1-8,11-15H,16H2,(H,24,25). The van der Waals surface area contributed by atoms with Crippen molar-refractivity contribution in [2.45, 2.75) is 6.42 Å². The van der Waals surface area contributed by atoms with Crippen LogP contribution in [0.3, 0.4) is 0 Å². The molecule has 0 saturated carbocycles.